The zero-order chi connectivity index (χ0) is 17.7. The third kappa shape index (κ3) is 4.31. The Hall–Kier alpha value is -2.43. The van der Waals surface area contributed by atoms with E-state index >= 15 is 0 Å². The summed E-state index contributed by atoms with van der Waals surface area (Å²) in [5.41, 5.74) is 4.86. The van der Waals surface area contributed by atoms with Crippen LogP contribution in [0, 0.1) is 11.3 Å². The van der Waals surface area contributed by atoms with Gasteiger partial charge in [-0.05, 0) is 38.4 Å². The van der Waals surface area contributed by atoms with Gasteiger partial charge in [0.2, 0.25) is 11.8 Å². The second-order valence-corrected chi connectivity index (χ2v) is 6.26. The number of para-hydroxylation sites is 1. The second kappa shape index (κ2) is 7.43. The number of anilines is 1. The van der Waals surface area contributed by atoms with Gasteiger partial charge in [-0.2, -0.15) is 5.26 Å². The number of carbonyl (C=O) groups excluding carboxylic acids is 2. The molecule has 7 heteroatoms. The molecular weight excluding hydrogens is 308 g/mol. The number of piperidine rings is 1. The van der Waals surface area contributed by atoms with Gasteiger partial charge in [0.1, 0.15) is 6.07 Å². The number of β-amino-alcohol motifs (C(OH)–C–C–N with tert-alkyl or cyclic N) is 1. The van der Waals surface area contributed by atoms with Gasteiger partial charge in [-0.3, -0.25) is 14.5 Å². The Bertz CT molecular complexity index is 670. The number of nitrogens with zero attached hydrogens (tertiary/aromatic N) is 2. The number of amides is 2. The molecule has 0 radical (unpaired) electrons. The van der Waals surface area contributed by atoms with Crippen molar-refractivity contribution in [1.82, 2.24) is 4.90 Å². The molecule has 0 spiro atoms. The van der Waals surface area contributed by atoms with E-state index in [0.29, 0.717) is 30.6 Å². The van der Waals surface area contributed by atoms with Crippen LogP contribution >= 0.6 is 0 Å². The van der Waals surface area contributed by atoms with Gasteiger partial charge in [-0.25, -0.2) is 0 Å². The molecule has 1 saturated heterocycles. The normalized spacial score (nSPS) is 22.4. The minimum absolute atomic E-state index is 0.116. The molecular formula is C17H22N4O3. The fraction of sp³-hybridized carbons (Fsp3) is 0.471. The molecule has 2 atom stereocenters. The van der Waals surface area contributed by atoms with Crippen molar-refractivity contribution in [1.29, 1.82) is 5.26 Å². The second-order valence-electron chi connectivity index (χ2n) is 6.26. The van der Waals surface area contributed by atoms with Crippen molar-refractivity contribution >= 4 is 17.5 Å². The summed E-state index contributed by atoms with van der Waals surface area (Å²) in [5.74, 6) is -0.819. The van der Waals surface area contributed by atoms with E-state index in [9.17, 15) is 14.7 Å². The average molecular weight is 330 g/mol. The Morgan fingerprint density at radius 2 is 2.21 bits per heavy atom. The topological polar surface area (TPSA) is 119 Å². The zero-order valence-electron chi connectivity index (χ0n) is 13.7. The van der Waals surface area contributed by atoms with Crippen LogP contribution in [-0.2, 0) is 9.59 Å². The first kappa shape index (κ1) is 17.9. The number of rotatable bonds is 5. The van der Waals surface area contributed by atoms with Crippen LogP contribution in [0.5, 0.6) is 0 Å². The van der Waals surface area contributed by atoms with Crippen molar-refractivity contribution < 1.29 is 14.7 Å². The first-order valence-electron chi connectivity index (χ1n) is 7.89. The number of carbonyl (C=O) groups is 2. The summed E-state index contributed by atoms with van der Waals surface area (Å²) in [5, 5.41) is 22.3. The third-order valence-electron chi connectivity index (χ3n) is 4.32. The van der Waals surface area contributed by atoms with Crippen LogP contribution in [0.25, 0.3) is 0 Å². The Morgan fingerprint density at radius 1 is 1.50 bits per heavy atom. The van der Waals surface area contributed by atoms with Crippen LogP contribution in [0.15, 0.2) is 24.3 Å². The largest absolute Gasteiger partial charge is 0.388 e. The predicted molar refractivity (Wildman–Crippen MR) is 88.8 cm³/mol. The van der Waals surface area contributed by atoms with E-state index in [1.165, 1.54) is 0 Å². The number of benzene rings is 1. The highest BCUT2D eigenvalue weighted by molar-refractivity contribution is 5.95. The number of hydrogen-bond donors (Lipinski definition) is 3. The smallest absolute Gasteiger partial charge is 0.241 e. The summed E-state index contributed by atoms with van der Waals surface area (Å²) in [6.45, 7) is 2.60. The molecule has 0 aliphatic carbocycles. The van der Waals surface area contributed by atoms with E-state index in [0.717, 1.165) is 0 Å². The van der Waals surface area contributed by atoms with Crippen molar-refractivity contribution in [3.63, 3.8) is 0 Å². The van der Waals surface area contributed by atoms with Gasteiger partial charge < -0.3 is 16.2 Å². The van der Waals surface area contributed by atoms with Gasteiger partial charge in [-0.15, -0.1) is 0 Å². The molecule has 2 rings (SSSR count). The lowest BCUT2D eigenvalue weighted by Crippen LogP contribution is -2.55. The Balaban J connectivity index is 2.05. The molecule has 0 bridgehead atoms. The maximum absolute atomic E-state index is 12.5. The maximum atomic E-state index is 12.5. The monoisotopic (exact) mass is 330 g/mol. The number of nitrogens with two attached hydrogens (primary N) is 1. The molecule has 2 amide bonds. The molecule has 1 fully saturated rings. The number of nitriles is 1. The Morgan fingerprint density at radius 3 is 2.88 bits per heavy atom. The molecule has 1 heterocycles. The highest BCUT2D eigenvalue weighted by Gasteiger charge is 2.37. The molecule has 4 N–H and O–H groups in total. The summed E-state index contributed by atoms with van der Waals surface area (Å²) in [6.07, 6.45) is 1.04. The average Bonchev–Trinajstić information content (AvgIpc) is 2.53. The summed E-state index contributed by atoms with van der Waals surface area (Å²) >= 11 is 0. The number of nitrogens with one attached hydrogen (secondary N) is 1. The van der Waals surface area contributed by atoms with E-state index in [-0.39, 0.29) is 18.9 Å². The fourth-order valence-electron chi connectivity index (χ4n) is 3.04. The summed E-state index contributed by atoms with van der Waals surface area (Å²) in [6, 6.07) is 8.30. The van der Waals surface area contributed by atoms with Crippen LogP contribution in [0.2, 0.25) is 0 Å². The van der Waals surface area contributed by atoms with E-state index in [1.807, 2.05) is 11.0 Å². The molecule has 1 aromatic rings. The standard InChI is InChI=1S/C17H22N4O3/c1-12(16(23)20-14-6-3-2-5-13(14)10-18)21-8-4-7-17(24,11-21)9-15(19)22/h2-3,5-6,12,24H,4,7-9,11H2,1H3,(H2,19,22)(H,20,23). The highest BCUT2D eigenvalue weighted by Crippen LogP contribution is 2.26. The van der Waals surface area contributed by atoms with E-state index < -0.39 is 17.6 Å². The summed E-state index contributed by atoms with van der Waals surface area (Å²) in [4.78, 5) is 25.4. The number of hydrogen-bond acceptors (Lipinski definition) is 5. The van der Waals surface area contributed by atoms with Crippen LogP contribution in [0.3, 0.4) is 0 Å². The van der Waals surface area contributed by atoms with E-state index in [2.05, 4.69) is 5.32 Å². The third-order valence-corrected chi connectivity index (χ3v) is 4.32. The number of primary amides is 1. The number of likely N-dealkylation sites (tertiary alicyclic amines) is 1. The summed E-state index contributed by atoms with van der Waals surface area (Å²) < 4.78 is 0. The first-order chi connectivity index (χ1) is 11.3. The minimum Gasteiger partial charge on any atom is -0.388 e. The summed E-state index contributed by atoms with van der Waals surface area (Å²) in [7, 11) is 0. The lowest BCUT2D eigenvalue weighted by atomic mass is 9.88. The van der Waals surface area contributed by atoms with Crippen molar-refractivity contribution in [2.75, 3.05) is 18.4 Å². The van der Waals surface area contributed by atoms with Crippen molar-refractivity contribution in [3.8, 4) is 6.07 Å². The van der Waals surface area contributed by atoms with Gasteiger partial charge in [0.15, 0.2) is 0 Å². The SMILES string of the molecule is CC(C(=O)Nc1ccccc1C#N)N1CCCC(O)(CC(N)=O)C1. The highest BCUT2D eigenvalue weighted by atomic mass is 16.3. The molecule has 24 heavy (non-hydrogen) atoms. The molecule has 128 valence electrons. The molecule has 7 nitrogen and oxygen atoms in total. The zero-order valence-corrected chi connectivity index (χ0v) is 13.7. The van der Waals surface area contributed by atoms with Gasteiger partial charge in [0, 0.05) is 6.54 Å². The molecule has 2 unspecified atom stereocenters. The van der Waals surface area contributed by atoms with E-state index in [4.69, 9.17) is 11.0 Å². The molecule has 1 aliphatic heterocycles. The maximum Gasteiger partial charge on any atom is 0.241 e. The molecule has 0 saturated carbocycles. The Labute approximate surface area is 141 Å². The lowest BCUT2D eigenvalue weighted by molar-refractivity contribution is -0.129. The van der Waals surface area contributed by atoms with Crippen molar-refractivity contribution in [2.45, 2.75) is 37.8 Å². The van der Waals surface area contributed by atoms with Gasteiger partial charge in [-0.1, -0.05) is 12.1 Å². The van der Waals surface area contributed by atoms with Gasteiger partial charge in [0.05, 0.1) is 29.3 Å². The van der Waals surface area contributed by atoms with Crippen molar-refractivity contribution in [2.24, 2.45) is 5.73 Å². The molecule has 0 aromatic heterocycles. The quantitative estimate of drug-likeness (QED) is 0.730. The van der Waals surface area contributed by atoms with Crippen LogP contribution in [0.4, 0.5) is 5.69 Å². The van der Waals surface area contributed by atoms with E-state index in [1.54, 1.807) is 31.2 Å². The predicted octanol–water partition coefficient (Wildman–Crippen LogP) is 0.588. The number of aliphatic hydroxyl groups is 1. The van der Waals surface area contributed by atoms with Gasteiger partial charge in [0.25, 0.3) is 0 Å². The van der Waals surface area contributed by atoms with Crippen LogP contribution < -0.4 is 11.1 Å². The lowest BCUT2D eigenvalue weighted by Gasteiger charge is -2.41. The minimum atomic E-state index is -1.19. The van der Waals surface area contributed by atoms with Crippen molar-refractivity contribution in [3.05, 3.63) is 29.8 Å². The van der Waals surface area contributed by atoms with Gasteiger partial charge >= 0.3 is 0 Å². The Kier molecular flexibility index (Phi) is 5.54. The first-order valence-corrected chi connectivity index (χ1v) is 7.89. The van der Waals surface area contributed by atoms with Crippen LogP contribution in [0.1, 0.15) is 31.7 Å². The van der Waals surface area contributed by atoms with Crippen LogP contribution in [-0.4, -0.2) is 46.6 Å². The fourth-order valence-corrected chi connectivity index (χ4v) is 3.04. The molecule has 1 aromatic carbocycles. The molecule has 1 aliphatic rings.